The second-order valence-corrected chi connectivity index (χ2v) is 7.56. The monoisotopic (exact) mass is 362 g/mol. The first-order valence-corrected chi connectivity index (χ1v) is 9.54. The molecule has 2 N–H and O–H groups in total. The highest BCUT2D eigenvalue weighted by Crippen LogP contribution is 2.29. The van der Waals surface area contributed by atoms with Crippen LogP contribution < -0.4 is 10.1 Å². The van der Waals surface area contributed by atoms with Gasteiger partial charge in [0.1, 0.15) is 0 Å². The number of piperazine rings is 1. The van der Waals surface area contributed by atoms with Gasteiger partial charge in [0.15, 0.2) is 0 Å². The van der Waals surface area contributed by atoms with Crippen molar-refractivity contribution < 1.29 is 14.6 Å². The molecule has 2 atom stereocenters. The van der Waals surface area contributed by atoms with Gasteiger partial charge < -0.3 is 20.1 Å². The lowest BCUT2D eigenvalue weighted by molar-refractivity contribution is 0.0566. The highest BCUT2D eigenvalue weighted by molar-refractivity contribution is 5.74. The molecular formula is C19H30N4O3. The largest absolute Gasteiger partial charge is 0.477 e. The first-order chi connectivity index (χ1) is 12.5. The van der Waals surface area contributed by atoms with Gasteiger partial charge in [-0.3, -0.25) is 4.90 Å². The van der Waals surface area contributed by atoms with Crippen LogP contribution in [0.1, 0.15) is 32.3 Å². The first kappa shape index (κ1) is 18.9. The third kappa shape index (κ3) is 5.57. The van der Waals surface area contributed by atoms with Crippen LogP contribution in [-0.2, 0) is 6.54 Å². The summed E-state index contributed by atoms with van der Waals surface area (Å²) in [5.74, 6) is 1.36. The third-order valence-electron chi connectivity index (χ3n) is 4.96. The molecule has 0 bridgehead atoms. The molecule has 2 fully saturated rings. The van der Waals surface area contributed by atoms with Crippen molar-refractivity contribution in [3.05, 3.63) is 23.9 Å². The van der Waals surface area contributed by atoms with E-state index < -0.39 is 0 Å². The third-order valence-corrected chi connectivity index (χ3v) is 4.96. The maximum Gasteiger partial charge on any atom is 0.317 e. The molecule has 7 heteroatoms. The van der Waals surface area contributed by atoms with Crippen LogP contribution in [0.5, 0.6) is 5.88 Å². The highest BCUT2D eigenvalue weighted by Gasteiger charge is 2.27. The second kappa shape index (κ2) is 8.68. The number of nitrogens with zero attached hydrogens (tertiary/aromatic N) is 3. The molecule has 1 saturated heterocycles. The number of aliphatic hydroxyl groups is 1. The van der Waals surface area contributed by atoms with Crippen LogP contribution >= 0.6 is 0 Å². The van der Waals surface area contributed by atoms with E-state index in [1.54, 1.807) is 13.1 Å². The van der Waals surface area contributed by atoms with E-state index in [-0.39, 0.29) is 18.2 Å². The van der Waals surface area contributed by atoms with Crippen LogP contribution in [0, 0.1) is 5.92 Å². The fourth-order valence-electron chi connectivity index (χ4n) is 3.17. The van der Waals surface area contributed by atoms with Crippen molar-refractivity contribution in [2.45, 2.75) is 45.4 Å². The molecule has 1 saturated carbocycles. The molecule has 2 heterocycles. The smallest absolute Gasteiger partial charge is 0.317 e. The number of carbonyl (C=O) groups is 1. The summed E-state index contributed by atoms with van der Waals surface area (Å²) in [7, 11) is 0. The Morgan fingerprint density at radius 3 is 2.85 bits per heavy atom. The number of pyridine rings is 1. The molecule has 3 rings (SSSR count). The molecule has 0 spiro atoms. The minimum Gasteiger partial charge on any atom is -0.477 e. The van der Waals surface area contributed by atoms with E-state index >= 15 is 0 Å². The van der Waals surface area contributed by atoms with Crippen LogP contribution in [-0.4, -0.2) is 70.9 Å². The van der Waals surface area contributed by atoms with Gasteiger partial charge in [0.2, 0.25) is 5.88 Å². The fourth-order valence-corrected chi connectivity index (χ4v) is 3.17. The van der Waals surface area contributed by atoms with E-state index in [4.69, 9.17) is 4.74 Å². The zero-order valence-electron chi connectivity index (χ0n) is 15.7. The van der Waals surface area contributed by atoms with Gasteiger partial charge in [-0.2, -0.15) is 0 Å². The highest BCUT2D eigenvalue weighted by atomic mass is 16.5. The van der Waals surface area contributed by atoms with Gasteiger partial charge in [-0.1, -0.05) is 6.07 Å². The summed E-state index contributed by atoms with van der Waals surface area (Å²) in [5.41, 5.74) is 0.956. The number of carbonyl (C=O) groups excluding carboxylic acids is 1. The van der Waals surface area contributed by atoms with Crippen LogP contribution in [0.2, 0.25) is 0 Å². The summed E-state index contributed by atoms with van der Waals surface area (Å²) in [6, 6.07) is 4.00. The lowest BCUT2D eigenvalue weighted by atomic mass is 10.2. The van der Waals surface area contributed by atoms with Crippen LogP contribution in [0.15, 0.2) is 18.3 Å². The molecule has 1 aliphatic heterocycles. The Labute approximate surface area is 155 Å². The zero-order valence-corrected chi connectivity index (χ0v) is 15.7. The Kier molecular flexibility index (Phi) is 6.32. The molecule has 0 aromatic carbocycles. The van der Waals surface area contributed by atoms with Gasteiger partial charge >= 0.3 is 6.03 Å². The minimum atomic E-state index is -0.346. The average Bonchev–Trinajstić information content (AvgIpc) is 3.44. The molecule has 2 aliphatic rings. The molecule has 144 valence electrons. The van der Waals surface area contributed by atoms with Gasteiger partial charge in [0.05, 0.1) is 12.7 Å². The van der Waals surface area contributed by atoms with Gasteiger partial charge in [0.25, 0.3) is 0 Å². The standard InChI is InChI=1S/C19H30N4O3/c1-14-11-23(8-7-22(14)12-15(2)24)19(25)21-10-17-5-6-18(20-9-17)26-13-16-3-4-16/h5-6,9,14-16,24H,3-4,7-8,10-13H2,1-2H3,(H,21,25)/t14-,15+/m1/s1. The second-order valence-electron chi connectivity index (χ2n) is 7.56. The molecule has 0 unspecified atom stereocenters. The van der Waals surface area contributed by atoms with Crippen molar-refractivity contribution in [3.63, 3.8) is 0 Å². The minimum absolute atomic E-state index is 0.0531. The van der Waals surface area contributed by atoms with Crippen molar-refractivity contribution in [2.75, 3.05) is 32.8 Å². The lowest BCUT2D eigenvalue weighted by Gasteiger charge is -2.40. The first-order valence-electron chi connectivity index (χ1n) is 9.54. The number of hydrogen-bond acceptors (Lipinski definition) is 5. The molecular weight excluding hydrogens is 332 g/mol. The maximum atomic E-state index is 12.4. The van der Waals surface area contributed by atoms with Gasteiger partial charge in [-0.15, -0.1) is 0 Å². The molecule has 0 radical (unpaired) electrons. The van der Waals surface area contributed by atoms with Crippen LogP contribution in [0.3, 0.4) is 0 Å². The van der Waals surface area contributed by atoms with Crippen molar-refractivity contribution in [3.8, 4) is 5.88 Å². The number of hydrogen-bond donors (Lipinski definition) is 2. The average molecular weight is 362 g/mol. The van der Waals surface area contributed by atoms with Crippen LogP contribution in [0.4, 0.5) is 4.79 Å². The van der Waals surface area contributed by atoms with Crippen molar-refractivity contribution in [2.24, 2.45) is 5.92 Å². The number of nitrogens with one attached hydrogen (secondary N) is 1. The Morgan fingerprint density at radius 2 is 2.23 bits per heavy atom. The Morgan fingerprint density at radius 1 is 1.42 bits per heavy atom. The van der Waals surface area contributed by atoms with Crippen molar-refractivity contribution in [1.82, 2.24) is 20.1 Å². The number of rotatable bonds is 7. The predicted octanol–water partition coefficient (Wildman–Crippen LogP) is 1.47. The number of amides is 2. The van der Waals surface area contributed by atoms with Gasteiger partial charge in [-0.05, 0) is 38.2 Å². The summed E-state index contributed by atoms with van der Waals surface area (Å²) in [6.45, 7) is 7.87. The van der Waals surface area contributed by atoms with E-state index in [2.05, 4.69) is 22.1 Å². The summed E-state index contributed by atoms with van der Waals surface area (Å²) >= 11 is 0. The summed E-state index contributed by atoms with van der Waals surface area (Å²) in [6.07, 6.45) is 3.93. The zero-order chi connectivity index (χ0) is 18.5. The molecule has 2 amide bonds. The lowest BCUT2D eigenvalue weighted by Crippen LogP contribution is -2.56. The summed E-state index contributed by atoms with van der Waals surface area (Å²) < 4.78 is 5.63. The topological polar surface area (TPSA) is 77.9 Å². The van der Waals surface area contributed by atoms with E-state index in [0.717, 1.165) is 18.7 Å². The summed E-state index contributed by atoms with van der Waals surface area (Å²) in [5, 5.41) is 12.5. The van der Waals surface area contributed by atoms with Crippen LogP contribution in [0.25, 0.3) is 0 Å². The molecule has 7 nitrogen and oxygen atoms in total. The molecule has 26 heavy (non-hydrogen) atoms. The predicted molar refractivity (Wildman–Crippen MR) is 99.0 cm³/mol. The Balaban J connectivity index is 1.40. The van der Waals surface area contributed by atoms with Gasteiger partial charge in [-0.25, -0.2) is 9.78 Å². The number of urea groups is 1. The van der Waals surface area contributed by atoms with Crippen molar-refractivity contribution in [1.29, 1.82) is 0 Å². The maximum absolute atomic E-state index is 12.4. The molecule has 1 aromatic rings. The van der Waals surface area contributed by atoms with E-state index in [1.165, 1.54) is 12.8 Å². The van der Waals surface area contributed by atoms with Crippen molar-refractivity contribution >= 4 is 6.03 Å². The number of ether oxygens (including phenoxy) is 1. The van der Waals surface area contributed by atoms with E-state index in [9.17, 15) is 9.90 Å². The quantitative estimate of drug-likeness (QED) is 0.768. The number of aromatic nitrogens is 1. The van der Waals surface area contributed by atoms with Gasteiger partial charge in [0, 0.05) is 51.0 Å². The number of aliphatic hydroxyl groups excluding tert-OH is 1. The Hall–Kier alpha value is -1.86. The summed E-state index contributed by atoms with van der Waals surface area (Å²) in [4.78, 5) is 20.8. The molecule has 1 aromatic heterocycles. The normalized spacial score (nSPS) is 22.1. The SMILES string of the molecule is C[C@H](O)CN1CCN(C(=O)NCc2ccc(OCC3CC3)nc2)C[C@H]1C. The Bertz CT molecular complexity index is 589. The van der Waals surface area contributed by atoms with E-state index in [0.29, 0.717) is 38.0 Å². The fraction of sp³-hybridized carbons (Fsp3) is 0.684. The van der Waals surface area contributed by atoms with E-state index in [1.807, 2.05) is 17.0 Å². The number of β-amino-alcohol motifs (C(OH)–C–C–N with tert-alkyl or cyclic N) is 1. The molecule has 1 aliphatic carbocycles.